The predicted octanol–water partition coefficient (Wildman–Crippen LogP) is 15.1. The van der Waals surface area contributed by atoms with E-state index in [-0.39, 0.29) is 26.3 Å². The van der Waals surface area contributed by atoms with Gasteiger partial charge in [-0.2, -0.15) is 0 Å². The topological polar surface area (TPSA) is 24.1 Å². The summed E-state index contributed by atoms with van der Waals surface area (Å²) in [4.78, 5) is 0. The average Bonchev–Trinajstić information content (AvgIpc) is 3.06. The van der Waals surface area contributed by atoms with Crippen molar-refractivity contribution in [3.8, 4) is 0 Å². The molecule has 0 fully saturated rings. The van der Waals surface area contributed by atoms with Crippen LogP contribution in [0.2, 0.25) is 0 Å². The minimum absolute atomic E-state index is 0.106. The summed E-state index contributed by atoms with van der Waals surface area (Å²) in [5.74, 6) is 2.05. The van der Waals surface area contributed by atoms with Gasteiger partial charge in [0.2, 0.25) is 0 Å². The fraction of sp³-hybridized carbons (Fsp3) is 0.455. The van der Waals surface area contributed by atoms with E-state index in [1.807, 2.05) is 0 Å². The number of para-hydroxylation sites is 2. The van der Waals surface area contributed by atoms with Crippen LogP contribution in [0.1, 0.15) is 143 Å². The number of hydrogen-bond acceptors (Lipinski definition) is 2. The van der Waals surface area contributed by atoms with Crippen molar-refractivity contribution in [3.63, 3.8) is 0 Å². The van der Waals surface area contributed by atoms with Crippen LogP contribution in [0, 0.1) is 0 Å². The van der Waals surface area contributed by atoms with Crippen LogP contribution in [0.15, 0.2) is 97.1 Å². The maximum absolute atomic E-state index is 4.81. The van der Waals surface area contributed by atoms with Crippen molar-refractivity contribution < 1.29 is 15.9 Å². The van der Waals surface area contributed by atoms with Gasteiger partial charge in [0, 0.05) is 37.8 Å². The molecule has 4 aromatic carbocycles. The minimum atomic E-state index is -0.505. The monoisotopic (exact) mass is 858 g/mol. The molecule has 0 amide bonds. The Balaban J connectivity index is 0.000000328. The zero-order valence-electron chi connectivity index (χ0n) is 33.5. The second-order valence-electron chi connectivity index (χ2n) is 16.2. The quantitative estimate of drug-likeness (QED) is 0.123. The van der Waals surface area contributed by atoms with Crippen LogP contribution in [0.3, 0.4) is 0 Å². The molecule has 0 aliphatic rings. The van der Waals surface area contributed by atoms with E-state index in [2.05, 4.69) is 204 Å². The average molecular weight is 860 g/mol. The molecule has 2 atom stereocenters. The maximum atomic E-state index is 4.81. The predicted molar refractivity (Wildman–Crippen MR) is 234 cm³/mol. The van der Waals surface area contributed by atoms with Gasteiger partial charge in [-0.25, -0.2) is 0 Å². The molecule has 0 heterocycles. The fourth-order valence-corrected chi connectivity index (χ4v) is 10.4. The molecule has 4 aromatic rings. The normalized spacial score (nSPS) is 13.0. The van der Waals surface area contributed by atoms with Gasteiger partial charge in [0.25, 0.3) is 0 Å². The molecule has 0 aliphatic heterocycles. The van der Waals surface area contributed by atoms with E-state index in [9.17, 15) is 0 Å². The second kappa shape index (κ2) is 21.5. The summed E-state index contributed by atoms with van der Waals surface area (Å²) < 4.78 is 0. The van der Waals surface area contributed by atoms with Gasteiger partial charge in [-0.3, -0.25) is 0 Å². The Hall–Kier alpha value is -1.42. The summed E-state index contributed by atoms with van der Waals surface area (Å²) in [6, 6.07) is 35.4. The third kappa shape index (κ3) is 14.1. The van der Waals surface area contributed by atoms with E-state index >= 15 is 0 Å². The van der Waals surface area contributed by atoms with Crippen LogP contribution in [-0.4, -0.2) is 10.3 Å². The van der Waals surface area contributed by atoms with E-state index in [4.69, 9.17) is 19.1 Å². The molecule has 7 heteroatoms. The SMILES string of the molecule is CC(C)c1cccc(C(C)C)c1NP(c1ccccc1)C(C)(C)C.CC(C)c1cccc(C(C)C)c1NP(c1ccccc1)C(C)(C)C.[Cl][Pd][Cl]. The Morgan fingerprint density at radius 1 is 0.431 bits per heavy atom. The summed E-state index contributed by atoms with van der Waals surface area (Å²) in [5, 5.41) is 11.2. The third-order valence-electron chi connectivity index (χ3n) is 8.56. The van der Waals surface area contributed by atoms with Gasteiger partial charge < -0.3 is 10.2 Å². The molecule has 284 valence electrons. The number of anilines is 2. The van der Waals surface area contributed by atoms with Gasteiger partial charge in [0.1, 0.15) is 0 Å². The Morgan fingerprint density at radius 2 is 0.667 bits per heavy atom. The van der Waals surface area contributed by atoms with Gasteiger partial charge in [-0.05, 0) is 56.5 Å². The van der Waals surface area contributed by atoms with Crippen LogP contribution in [0.5, 0.6) is 0 Å². The van der Waals surface area contributed by atoms with Gasteiger partial charge >= 0.3 is 35.0 Å². The van der Waals surface area contributed by atoms with Crippen molar-refractivity contribution in [2.75, 3.05) is 10.2 Å². The van der Waals surface area contributed by atoms with Crippen LogP contribution in [0.4, 0.5) is 11.4 Å². The van der Waals surface area contributed by atoms with Crippen LogP contribution < -0.4 is 20.8 Å². The first-order valence-electron chi connectivity index (χ1n) is 18.2. The standard InChI is InChI=1S/2C22H32NP.2ClH.Pd/c2*1-16(2)19-14-11-15-20(17(3)4)21(19)23-24(22(5,6)7)18-12-9-8-10-13-18;;;/h2*8-17,23H,1-7H3;2*1H;/q;;;;+2/p-2. The molecule has 4 rings (SSSR count). The van der Waals surface area contributed by atoms with E-state index in [1.165, 1.54) is 44.2 Å². The molecule has 0 radical (unpaired) electrons. The third-order valence-corrected chi connectivity index (χ3v) is 13.8. The second-order valence-corrected chi connectivity index (χ2v) is 24.1. The van der Waals surface area contributed by atoms with Crippen molar-refractivity contribution >= 4 is 57.2 Å². The first-order chi connectivity index (χ1) is 23.8. The van der Waals surface area contributed by atoms with Crippen LogP contribution in [-0.2, 0) is 15.9 Å². The van der Waals surface area contributed by atoms with E-state index < -0.39 is 16.1 Å². The van der Waals surface area contributed by atoms with Gasteiger partial charge in [-0.1, -0.05) is 194 Å². The molecule has 0 saturated carbocycles. The van der Waals surface area contributed by atoms with Crippen LogP contribution in [0.25, 0.3) is 0 Å². The Kier molecular flexibility index (Phi) is 19.3. The van der Waals surface area contributed by atoms with Crippen molar-refractivity contribution in [1.29, 1.82) is 0 Å². The zero-order valence-corrected chi connectivity index (χ0v) is 38.4. The molecule has 0 spiro atoms. The molecule has 51 heavy (non-hydrogen) atoms. The Bertz CT molecular complexity index is 1410. The summed E-state index contributed by atoms with van der Waals surface area (Å²) in [7, 11) is 8.62. The summed E-state index contributed by atoms with van der Waals surface area (Å²) in [6.07, 6.45) is 0. The van der Waals surface area contributed by atoms with E-state index in [0.717, 1.165) is 0 Å². The molecule has 0 saturated heterocycles. The van der Waals surface area contributed by atoms with Crippen molar-refractivity contribution in [2.45, 2.75) is 131 Å². The first-order valence-corrected chi connectivity index (χ1v) is 24.9. The Labute approximate surface area is 331 Å². The summed E-state index contributed by atoms with van der Waals surface area (Å²) in [5.41, 5.74) is 8.41. The number of halogens is 2. The molecule has 0 aromatic heterocycles. The molecule has 2 N–H and O–H groups in total. The summed E-state index contributed by atoms with van der Waals surface area (Å²) in [6.45, 7) is 32.3. The van der Waals surface area contributed by atoms with E-state index in [0.29, 0.717) is 23.7 Å². The number of rotatable bonds is 10. The number of nitrogens with one attached hydrogen (secondary N) is 2. The first kappa shape index (κ1) is 45.7. The molecule has 2 nitrogen and oxygen atoms in total. The molecule has 2 unspecified atom stereocenters. The molecular weight excluding hydrogens is 796 g/mol. The molecule has 0 aliphatic carbocycles. The number of hydrogen-bond donors (Lipinski definition) is 2. The number of benzene rings is 4. The molecule has 0 bridgehead atoms. The van der Waals surface area contributed by atoms with E-state index in [1.54, 1.807) is 0 Å². The van der Waals surface area contributed by atoms with Gasteiger partial charge in [0.15, 0.2) is 0 Å². The van der Waals surface area contributed by atoms with Crippen molar-refractivity contribution in [1.82, 2.24) is 0 Å². The fourth-order valence-electron chi connectivity index (χ4n) is 5.98. The summed E-state index contributed by atoms with van der Waals surface area (Å²) >= 11 is -0.106. The van der Waals surface area contributed by atoms with Crippen molar-refractivity contribution in [2.24, 2.45) is 0 Å². The zero-order chi connectivity index (χ0) is 38.5. The van der Waals surface area contributed by atoms with Crippen LogP contribution >= 0.6 is 35.2 Å². The van der Waals surface area contributed by atoms with Gasteiger partial charge in [0.05, 0.1) is 0 Å². The molecular formula is C44H64Cl2N2P2Pd. The van der Waals surface area contributed by atoms with Gasteiger partial charge in [-0.15, -0.1) is 0 Å². The van der Waals surface area contributed by atoms with Crippen molar-refractivity contribution in [3.05, 3.63) is 119 Å². The Morgan fingerprint density at radius 3 is 0.863 bits per heavy atom.